The van der Waals surface area contributed by atoms with Crippen molar-refractivity contribution in [1.82, 2.24) is 0 Å². The lowest BCUT2D eigenvalue weighted by Crippen LogP contribution is -2.08. The molecule has 1 unspecified atom stereocenters. The van der Waals surface area contributed by atoms with Gasteiger partial charge in [-0.25, -0.2) is 0 Å². The molecule has 0 spiro atoms. The smallest absolute Gasteiger partial charge is 0.118 e. The molecule has 0 heterocycles. The Hall–Kier alpha value is -1.96. The van der Waals surface area contributed by atoms with Crippen LogP contribution < -0.4 is 0 Å². The Balaban J connectivity index is 2.64. The van der Waals surface area contributed by atoms with E-state index in [0.717, 1.165) is 35.1 Å². The number of phenolic OH excluding ortho intramolecular Hbond substituents is 2. The van der Waals surface area contributed by atoms with Crippen LogP contribution in [0.25, 0.3) is 0 Å². The molecule has 0 bridgehead atoms. The average Bonchev–Trinajstić information content (AvgIpc) is 2.41. The third-order valence-electron chi connectivity index (χ3n) is 4.46. The van der Waals surface area contributed by atoms with Crippen LogP contribution in [0.3, 0.4) is 0 Å². The largest absolute Gasteiger partial charge is 0.508 e. The highest BCUT2D eigenvalue weighted by Crippen LogP contribution is 2.38. The second-order valence-electron chi connectivity index (χ2n) is 6.33. The van der Waals surface area contributed by atoms with Crippen molar-refractivity contribution in [2.45, 2.75) is 53.4 Å². The number of hydrogen-bond donors (Lipinski definition) is 2. The van der Waals surface area contributed by atoms with E-state index in [2.05, 4.69) is 33.8 Å². The highest BCUT2D eigenvalue weighted by atomic mass is 16.3. The maximum atomic E-state index is 9.92. The van der Waals surface area contributed by atoms with Crippen LogP contribution in [0.15, 0.2) is 24.3 Å². The second kappa shape index (κ2) is 6.43. The van der Waals surface area contributed by atoms with Gasteiger partial charge in [-0.3, -0.25) is 0 Å². The minimum Gasteiger partial charge on any atom is -0.508 e. The lowest BCUT2D eigenvalue weighted by atomic mass is 9.80. The first-order valence-corrected chi connectivity index (χ1v) is 7.95. The zero-order valence-corrected chi connectivity index (χ0v) is 14.2. The van der Waals surface area contributed by atoms with Crippen LogP contribution in [-0.2, 0) is 0 Å². The highest BCUT2D eigenvalue weighted by Gasteiger charge is 2.21. The lowest BCUT2D eigenvalue weighted by molar-refractivity contribution is 0.470. The van der Waals surface area contributed by atoms with E-state index in [9.17, 15) is 10.2 Å². The van der Waals surface area contributed by atoms with Gasteiger partial charge in [-0.1, -0.05) is 19.4 Å². The van der Waals surface area contributed by atoms with Gasteiger partial charge in [0.2, 0.25) is 0 Å². The summed E-state index contributed by atoms with van der Waals surface area (Å²) in [7, 11) is 0. The van der Waals surface area contributed by atoms with E-state index in [4.69, 9.17) is 0 Å². The normalized spacial score (nSPS) is 12.4. The van der Waals surface area contributed by atoms with E-state index >= 15 is 0 Å². The zero-order valence-electron chi connectivity index (χ0n) is 14.2. The highest BCUT2D eigenvalue weighted by molar-refractivity contribution is 5.50. The second-order valence-corrected chi connectivity index (χ2v) is 6.33. The summed E-state index contributed by atoms with van der Waals surface area (Å²) in [4.78, 5) is 0. The molecule has 0 aliphatic carbocycles. The van der Waals surface area contributed by atoms with Gasteiger partial charge >= 0.3 is 0 Å². The van der Waals surface area contributed by atoms with Gasteiger partial charge in [0.1, 0.15) is 11.5 Å². The molecule has 0 saturated heterocycles. The third kappa shape index (κ3) is 3.11. The summed E-state index contributed by atoms with van der Waals surface area (Å²) in [5.41, 5.74) is 6.85. The molecule has 0 aliphatic heterocycles. The fourth-order valence-electron chi connectivity index (χ4n) is 3.44. The molecule has 2 aromatic rings. The Morgan fingerprint density at radius 2 is 1.41 bits per heavy atom. The number of aromatic hydroxyl groups is 2. The van der Waals surface area contributed by atoms with Crippen LogP contribution in [0, 0.1) is 27.7 Å². The van der Waals surface area contributed by atoms with E-state index in [0.29, 0.717) is 17.4 Å². The van der Waals surface area contributed by atoms with Gasteiger partial charge in [0.15, 0.2) is 0 Å². The van der Waals surface area contributed by atoms with Crippen molar-refractivity contribution >= 4 is 0 Å². The Morgan fingerprint density at radius 1 is 0.818 bits per heavy atom. The minimum absolute atomic E-state index is 0.296. The monoisotopic (exact) mass is 298 g/mol. The van der Waals surface area contributed by atoms with E-state index in [1.165, 1.54) is 11.1 Å². The molecule has 2 rings (SSSR count). The summed E-state index contributed by atoms with van der Waals surface area (Å²) in [5, 5.41) is 19.7. The van der Waals surface area contributed by atoms with Crippen LogP contribution in [0.5, 0.6) is 11.5 Å². The van der Waals surface area contributed by atoms with Gasteiger partial charge in [-0.05, 0) is 85.7 Å². The van der Waals surface area contributed by atoms with Crippen LogP contribution in [0.1, 0.15) is 59.1 Å². The fourth-order valence-corrected chi connectivity index (χ4v) is 3.44. The summed E-state index contributed by atoms with van der Waals surface area (Å²) in [5.74, 6) is 0.980. The fraction of sp³-hybridized carbons (Fsp3) is 0.400. The first-order valence-electron chi connectivity index (χ1n) is 7.95. The third-order valence-corrected chi connectivity index (χ3v) is 4.46. The summed E-state index contributed by atoms with van der Waals surface area (Å²) in [6, 6.07) is 7.65. The molecule has 0 aliphatic rings. The molecule has 2 nitrogen and oxygen atoms in total. The summed E-state index contributed by atoms with van der Waals surface area (Å²) < 4.78 is 0. The van der Waals surface area contributed by atoms with Gasteiger partial charge in [-0.15, -0.1) is 0 Å². The van der Waals surface area contributed by atoms with E-state index in [-0.39, 0.29) is 0 Å². The Kier molecular flexibility index (Phi) is 4.80. The molecule has 2 aromatic carbocycles. The van der Waals surface area contributed by atoms with Crippen LogP contribution >= 0.6 is 0 Å². The maximum Gasteiger partial charge on any atom is 0.118 e. The van der Waals surface area contributed by atoms with Crippen molar-refractivity contribution in [2.75, 3.05) is 0 Å². The molecular weight excluding hydrogens is 272 g/mol. The van der Waals surface area contributed by atoms with Gasteiger partial charge in [0.25, 0.3) is 0 Å². The van der Waals surface area contributed by atoms with Crippen molar-refractivity contribution < 1.29 is 10.2 Å². The molecule has 2 heteroatoms. The predicted octanol–water partition coefficient (Wildman–Crippen LogP) is 5.26. The molecule has 0 amide bonds. The van der Waals surface area contributed by atoms with Crippen molar-refractivity contribution in [2.24, 2.45) is 0 Å². The molecule has 0 radical (unpaired) electrons. The van der Waals surface area contributed by atoms with E-state index in [1.807, 2.05) is 25.1 Å². The van der Waals surface area contributed by atoms with E-state index in [1.54, 1.807) is 0 Å². The first-order chi connectivity index (χ1) is 10.3. The molecule has 0 aromatic heterocycles. The summed E-state index contributed by atoms with van der Waals surface area (Å²) >= 11 is 0. The number of rotatable bonds is 4. The Bertz CT molecular complexity index is 663. The number of aryl methyl sites for hydroxylation is 4. The van der Waals surface area contributed by atoms with Crippen molar-refractivity contribution in [3.63, 3.8) is 0 Å². The Labute approximate surface area is 133 Å². The molecule has 1 atom stereocenters. The molecular formula is C20H26O2. The van der Waals surface area contributed by atoms with Crippen LogP contribution in [0.2, 0.25) is 0 Å². The molecule has 0 saturated carbocycles. The van der Waals surface area contributed by atoms with Crippen molar-refractivity contribution in [3.05, 3.63) is 57.6 Å². The topological polar surface area (TPSA) is 40.5 Å². The SMILES string of the molecule is CCCC(c1cc(C)c(O)cc1C)c1c(C)cc(O)cc1C. The zero-order chi connectivity index (χ0) is 16.4. The molecule has 22 heavy (non-hydrogen) atoms. The first kappa shape index (κ1) is 16.4. The average molecular weight is 298 g/mol. The standard InChI is InChI=1S/C20H26O2/c1-6-7-17(18-10-13(3)19(22)11-12(18)2)20-14(4)8-16(21)9-15(20)5/h8-11,17,21-22H,6-7H2,1-5H3. The van der Waals surface area contributed by atoms with Gasteiger partial charge in [0, 0.05) is 5.92 Å². The number of benzene rings is 2. The minimum atomic E-state index is 0.296. The number of hydrogen-bond acceptors (Lipinski definition) is 2. The molecule has 0 fully saturated rings. The maximum absolute atomic E-state index is 9.92. The van der Waals surface area contributed by atoms with Gasteiger partial charge < -0.3 is 10.2 Å². The van der Waals surface area contributed by atoms with Crippen molar-refractivity contribution in [1.29, 1.82) is 0 Å². The van der Waals surface area contributed by atoms with Gasteiger partial charge in [-0.2, -0.15) is 0 Å². The number of phenols is 2. The van der Waals surface area contributed by atoms with Crippen LogP contribution in [0.4, 0.5) is 0 Å². The Morgan fingerprint density at radius 3 is 1.95 bits per heavy atom. The van der Waals surface area contributed by atoms with Gasteiger partial charge in [0.05, 0.1) is 0 Å². The quantitative estimate of drug-likeness (QED) is 0.808. The molecule has 118 valence electrons. The van der Waals surface area contributed by atoms with Crippen molar-refractivity contribution in [3.8, 4) is 11.5 Å². The summed E-state index contributed by atoms with van der Waals surface area (Å²) in [6.45, 7) is 10.3. The lowest BCUT2D eigenvalue weighted by Gasteiger charge is -2.24. The van der Waals surface area contributed by atoms with E-state index < -0.39 is 0 Å². The van der Waals surface area contributed by atoms with Crippen LogP contribution in [-0.4, -0.2) is 10.2 Å². The predicted molar refractivity (Wildman–Crippen MR) is 91.9 cm³/mol. The molecule has 2 N–H and O–H groups in total. The summed E-state index contributed by atoms with van der Waals surface area (Å²) in [6.07, 6.45) is 2.14.